The number of fused-ring (bicyclic) bond motifs is 1. The van der Waals surface area contributed by atoms with Crippen LogP contribution in [0, 0.1) is 13.8 Å². The summed E-state index contributed by atoms with van der Waals surface area (Å²) in [5, 5.41) is 2.17. The number of amides is 2. The number of piperazine rings is 1. The number of hydrogen-bond acceptors (Lipinski definition) is 4. The largest absolute Gasteiger partial charge is 0.338 e. The summed E-state index contributed by atoms with van der Waals surface area (Å²) in [5.41, 5.74) is 5.55. The summed E-state index contributed by atoms with van der Waals surface area (Å²) in [6, 6.07) is 18.7. The highest BCUT2D eigenvalue weighted by Crippen LogP contribution is 2.37. The van der Waals surface area contributed by atoms with E-state index in [9.17, 15) is 9.59 Å². The molecule has 2 aromatic carbocycles. The molecule has 0 N–H and O–H groups in total. The second kappa shape index (κ2) is 9.96. The first kappa shape index (κ1) is 23.8. The lowest BCUT2D eigenvalue weighted by atomic mass is 9.92. The maximum Gasteiger partial charge on any atom is 0.254 e. The highest BCUT2D eigenvalue weighted by Gasteiger charge is 2.34. The van der Waals surface area contributed by atoms with E-state index in [0.717, 1.165) is 24.1 Å². The number of benzene rings is 2. The van der Waals surface area contributed by atoms with Crippen LogP contribution >= 0.6 is 11.3 Å². The number of hydrogen-bond donors (Lipinski definition) is 0. The fraction of sp³-hybridized carbons (Fsp3) is 0.379. The molecule has 182 valence electrons. The number of rotatable bonds is 4. The minimum atomic E-state index is -0.0162. The Morgan fingerprint density at radius 3 is 2.49 bits per heavy atom. The molecule has 5 rings (SSSR count). The van der Waals surface area contributed by atoms with Crippen LogP contribution in [0.15, 0.2) is 60.0 Å². The van der Waals surface area contributed by atoms with E-state index >= 15 is 0 Å². The lowest BCUT2D eigenvalue weighted by Crippen LogP contribution is -2.57. The Labute approximate surface area is 212 Å². The molecule has 3 heterocycles. The minimum Gasteiger partial charge on any atom is -0.338 e. The number of thiophene rings is 1. The van der Waals surface area contributed by atoms with Gasteiger partial charge in [0.1, 0.15) is 0 Å². The zero-order valence-electron chi connectivity index (χ0n) is 20.7. The van der Waals surface area contributed by atoms with E-state index < -0.39 is 0 Å². The summed E-state index contributed by atoms with van der Waals surface area (Å²) in [7, 11) is 0. The van der Waals surface area contributed by atoms with Crippen molar-refractivity contribution in [3.63, 3.8) is 0 Å². The Hall–Kier alpha value is -2.96. The van der Waals surface area contributed by atoms with Crippen LogP contribution in [-0.2, 0) is 11.2 Å². The third-order valence-corrected chi connectivity index (χ3v) is 8.41. The molecule has 2 aliphatic heterocycles. The summed E-state index contributed by atoms with van der Waals surface area (Å²) in [5.74, 6) is 0.207. The van der Waals surface area contributed by atoms with E-state index in [1.807, 2.05) is 59.2 Å². The van der Waals surface area contributed by atoms with E-state index in [1.165, 1.54) is 21.6 Å². The van der Waals surface area contributed by atoms with E-state index in [2.05, 4.69) is 47.5 Å². The first-order valence-corrected chi connectivity index (χ1v) is 13.3. The van der Waals surface area contributed by atoms with Crippen LogP contribution in [0.4, 0.5) is 0 Å². The van der Waals surface area contributed by atoms with Gasteiger partial charge < -0.3 is 9.80 Å². The van der Waals surface area contributed by atoms with Gasteiger partial charge in [-0.2, -0.15) is 0 Å². The second-order valence-corrected chi connectivity index (χ2v) is 10.8. The molecule has 5 nitrogen and oxygen atoms in total. The standard InChI is InChI=1S/C29H33N3O2S/c1-20-8-10-23(11-9-20)28-25-13-17-35-26(25)12-14-31(28)19-27(33)30-15-16-32(22(3)18-30)29(34)24-7-5-4-6-21(24)2/h4-11,13,17,22,28H,12,14-16,18-19H2,1-3H3/t22-,28+/m0/s1. The molecule has 2 atom stereocenters. The zero-order chi connectivity index (χ0) is 24.5. The van der Waals surface area contributed by atoms with E-state index in [0.29, 0.717) is 26.2 Å². The second-order valence-electron chi connectivity index (χ2n) is 9.84. The van der Waals surface area contributed by atoms with Crippen LogP contribution < -0.4 is 0 Å². The van der Waals surface area contributed by atoms with Gasteiger partial charge in [0.2, 0.25) is 5.91 Å². The molecule has 0 unspecified atom stereocenters. The molecule has 3 aromatic rings. The monoisotopic (exact) mass is 487 g/mol. The van der Waals surface area contributed by atoms with Gasteiger partial charge in [0.15, 0.2) is 0 Å². The molecule has 0 radical (unpaired) electrons. The van der Waals surface area contributed by atoms with Crippen molar-refractivity contribution in [1.82, 2.24) is 14.7 Å². The zero-order valence-corrected chi connectivity index (χ0v) is 21.6. The maximum atomic E-state index is 13.5. The minimum absolute atomic E-state index is 0.0162. The Bertz CT molecular complexity index is 1220. The Morgan fingerprint density at radius 2 is 1.74 bits per heavy atom. The fourth-order valence-electron chi connectivity index (χ4n) is 5.40. The van der Waals surface area contributed by atoms with Crippen molar-refractivity contribution in [1.29, 1.82) is 0 Å². The molecule has 1 saturated heterocycles. The summed E-state index contributed by atoms with van der Waals surface area (Å²) in [4.78, 5) is 34.3. The molecule has 0 bridgehead atoms. The van der Waals surface area contributed by atoms with Gasteiger partial charge in [-0.1, -0.05) is 48.0 Å². The van der Waals surface area contributed by atoms with Crippen LogP contribution in [0.3, 0.4) is 0 Å². The van der Waals surface area contributed by atoms with Crippen LogP contribution in [0.1, 0.15) is 50.5 Å². The summed E-state index contributed by atoms with van der Waals surface area (Å²) in [6.45, 7) is 9.10. The third-order valence-electron chi connectivity index (χ3n) is 7.41. The summed E-state index contributed by atoms with van der Waals surface area (Å²) >= 11 is 1.82. The van der Waals surface area contributed by atoms with Gasteiger partial charge in [-0.25, -0.2) is 0 Å². The normalized spacial score (nSPS) is 20.5. The molecular weight excluding hydrogens is 454 g/mol. The molecule has 6 heteroatoms. The lowest BCUT2D eigenvalue weighted by Gasteiger charge is -2.42. The van der Waals surface area contributed by atoms with E-state index in [1.54, 1.807) is 0 Å². The van der Waals surface area contributed by atoms with Gasteiger partial charge in [-0.15, -0.1) is 11.3 Å². The van der Waals surface area contributed by atoms with Gasteiger partial charge in [-0.3, -0.25) is 14.5 Å². The lowest BCUT2D eigenvalue weighted by molar-refractivity contribution is -0.135. The maximum absolute atomic E-state index is 13.5. The van der Waals surface area contributed by atoms with Gasteiger partial charge in [0, 0.05) is 42.7 Å². The number of aryl methyl sites for hydroxylation is 2. The van der Waals surface area contributed by atoms with Gasteiger partial charge in [0.05, 0.1) is 12.6 Å². The average Bonchev–Trinajstić information content (AvgIpc) is 3.33. The number of nitrogens with zero attached hydrogens (tertiary/aromatic N) is 3. The molecule has 0 aliphatic carbocycles. The van der Waals surface area contributed by atoms with Crippen molar-refractivity contribution in [2.24, 2.45) is 0 Å². The molecule has 2 aliphatic rings. The Morgan fingerprint density at radius 1 is 0.971 bits per heavy atom. The van der Waals surface area contributed by atoms with Crippen molar-refractivity contribution in [3.8, 4) is 0 Å². The van der Waals surface area contributed by atoms with Crippen molar-refractivity contribution < 1.29 is 9.59 Å². The average molecular weight is 488 g/mol. The first-order valence-electron chi connectivity index (χ1n) is 12.4. The smallest absolute Gasteiger partial charge is 0.254 e. The summed E-state index contributed by atoms with van der Waals surface area (Å²) < 4.78 is 0. The van der Waals surface area contributed by atoms with Gasteiger partial charge in [0.25, 0.3) is 5.91 Å². The fourth-order valence-corrected chi connectivity index (χ4v) is 6.31. The third kappa shape index (κ3) is 4.78. The molecular formula is C29H33N3O2S. The van der Waals surface area contributed by atoms with Crippen LogP contribution in [-0.4, -0.2) is 65.3 Å². The topological polar surface area (TPSA) is 43.9 Å². The van der Waals surface area contributed by atoms with Crippen molar-refractivity contribution in [2.75, 3.05) is 32.7 Å². The molecule has 1 aromatic heterocycles. The highest BCUT2D eigenvalue weighted by molar-refractivity contribution is 7.10. The number of carbonyl (C=O) groups is 2. The predicted molar refractivity (Wildman–Crippen MR) is 141 cm³/mol. The Kier molecular flexibility index (Phi) is 6.76. The Balaban J connectivity index is 1.28. The molecule has 35 heavy (non-hydrogen) atoms. The predicted octanol–water partition coefficient (Wildman–Crippen LogP) is 4.69. The van der Waals surface area contributed by atoms with E-state index in [4.69, 9.17) is 0 Å². The first-order chi connectivity index (χ1) is 16.9. The molecule has 1 fully saturated rings. The van der Waals surface area contributed by atoms with Crippen molar-refractivity contribution in [3.05, 3.63) is 92.7 Å². The van der Waals surface area contributed by atoms with Gasteiger partial charge >= 0.3 is 0 Å². The quantitative estimate of drug-likeness (QED) is 0.537. The highest BCUT2D eigenvalue weighted by atomic mass is 32.1. The molecule has 0 saturated carbocycles. The molecule has 2 amide bonds. The number of carbonyl (C=O) groups excluding carboxylic acids is 2. The van der Waals surface area contributed by atoms with E-state index in [-0.39, 0.29) is 23.9 Å². The van der Waals surface area contributed by atoms with Gasteiger partial charge in [-0.05, 0) is 61.4 Å². The van der Waals surface area contributed by atoms with Crippen LogP contribution in [0.2, 0.25) is 0 Å². The van der Waals surface area contributed by atoms with Crippen LogP contribution in [0.25, 0.3) is 0 Å². The van der Waals surface area contributed by atoms with Crippen molar-refractivity contribution >= 4 is 23.2 Å². The SMILES string of the molecule is Cc1ccc([C@@H]2c3ccsc3CCN2CC(=O)N2CCN(C(=O)c3ccccc3C)[C@@H](C)C2)cc1. The van der Waals surface area contributed by atoms with Crippen molar-refractivity contribution in [2.45, 2.75) is 39.3 Å². The van der Waals surface area contributed by atoms with Crippen LogP contribution in [0.5, 0.6) is 0 Å². The summed E-state index contributed by atoms with van der Waals surface area (Å²) in [6.07, 6.45) is 0.984. The molecule has 0 spiro atoms.